The number of piperidine rings is 1. The van der Waals surface area contributed by atoms with E-state index >= 15 is 0 Å². The first-order chi connectivity index (χ1) is 12.5. The number of rotatable bonds is 5. The van der Waals surface area contributed by atoms with Gasteiger partial charge in [0.05, 0.1) is 6.54 Å². The molecule has 2 atom stereocenters. The molecule has 7 nitrogen and oxygen atoms in total. The van der Waals surface area contributed by atoms with Crippen molar-refractivity contribution in [1.29, 1.82) is 0 Å². The third-order valence-electron chi connectivity index (χ3n) is 4.77. The van der Waals surface area contributed by atoms with E-state index in [-0.39, 0.29) is 30.9 Å². The summed E-state index contributed by atoms with van der Waals surface area (Å²) in [6, 6.07) is 10.9. The van der Waals surface area contributed by atoms with E-state index in [9.17, 15) is 14.4 Å². The molecule has 0 radical (unpaired) electrons. The molecule has 1 aromatic heterocycles. The van der Waals surface area contributed by atoms with Gasteiger partial charge in [0.25, 0.3) is 5.56 Å². The fourth-order valence-corrected chi connectivity index (χ4v) is 3.23. The molecule has 1 aromatic carbocycles. The Labute approximate surface area is 163 Å². The summed E-state index contributed by atoms with van der Waals surface area (Å²) in [5, 5.41) is 6.23. The molecule has 2 aromatic rings. The second-order valence-electron chi connectivity index (χ2n) is 6.78. The van der Waals surface area contributed by atoms with Crippen LogP contribution in [0.3, 0.4) is 0 Å². The summed E-state index contributed by atoms with van der Waals surface area (Å²) in [5.41, 5.74) is 0.00969. The molecule has 1 amide bonds. The van der Waals surface area contributed by atoms with Gasteiger partial charge in [0, 0.05) is 18.3 Å². The van der Waals surface area contributed by atoms with Crippen LogP contribution in [-0.2, 0) is 17.9 Å². The van der Waals surface area contributed by atoms with Crippen molar-refractivity contribution in [3.05, 3.63) is 69.0 Å². The smallest absolute Gasteiger partial charge is 0.331 e. The molecule has 2 heterocycles. The van der Waals surface area contributed by atoms with Gasteiger partial charge in [0.15, 0.2) is 0 Å². The first kappa shape index (κ1) is 20.9. The van der Waals surface area contributed by atoms with E-state index in [1.54, 1.807) is 0 Å². The van der Waals surface area contributed by atoms with Gasteiger partial charge < -0.3 is 10.6 Å². The molecule has 1 aliphatic rings. The quantitative estimate of drug-likeness (QED) is 0.780. The molecule has 0 saturated carbocycles. The molecule has 3 rings (SSSR count). The highest BCUT2D eigenvalue weighted by molar-refractivity contribution is 5.85. The first-order valence-corrected chi connectivity index (χ1v) is 8.89. The molecular weight excluding hydrogens is 368 g/mol. The first-order valence-electron chi connectivity index (χ1n) is 8.89. The average Bonchev–Trinajstić information content (AvgIpc) is 2.64. The van der Waals surface area contributed by atoms with E-state index in [4.69, 9.17) is 0 Å². The minimum Gasteiger partial charge on any atom is -0.351 e. The average molecular weight is 393 g/mol. The molecule has 0 spiro atoms. The molecule has 1 fully saturated rings. The lowest BCUT2D eigenvalue weighted by molar-refractivity contribution is -0.123. The van der Waals surface area contributed by atoms with Crippen molar-refractivity contribution in [2.75, 3.05) is 13.1 Å². The van der Waals surface area contributed by atoms with Gasteiger partial charge in [-0.15, -0.1) is 12.4 Å². The lowest BCUT2D eigenvalue weighted by atomic mass is 9.95. The lowest BCUT2D eigenvalue weighted by Gasteiger charge is -2.30. The molecule has 0 aliphatic carbocycles. The van der Waals surface area contributed by atoms with Crippen molar-refractivity contribution in [2.45, 2.75) is 32.5 Å². The van der Waals surface area contributed by atoms with E-state index in [2.05, 4.69) is 17.6 Å². The summed E-state index contributed by atoms with van der Waals surface area (Å²) in [7, 11) is 0. The van der Waals surface area contributed by atoms with Gasteiger partial charge >= 0.3 is 5.69 Å². The Morgan fingerprint density at radius 1 is 1.22 bits per heavy atom. The predicted octanol–water partition coefficient (Wildman–Crippen LogP) is 0.594. The zero-order valence-corrected chi connectivity index (χ0v) is 16.1. The van der Waals surface area contributed by atoms with Crippen LogP contribution in [0.25, 0.3) is 0 Å². The molecule has 146 valence electrons. The largest absolute Gasteiger partial charge is 0.351 e. The van der Waals surface area contributed by atoms with Crippen molar-refractivity contribution in [3.8, 4) is 0 Å². The standard InChI is InChI=1S/C19H24N4O3.ClH/c1-14-11-20-9-7-16(14)21-17(24)13-23-18(25)8-10-22(19(23)26)12-15-5-3-2-4-6-15;/h2-6,8,10,14,16,20H,7,9,11-13H2,1H3,(H,21,24);1H. The van der Waals surface area contributed by atoms with Crippen LogP contribution in [0, 0.1) is 5.92 Å². The summed E-state index contributed by atoms with van der Waals surface area (Å²) in [6.45, 7) is 3.86. The Morgan fingerprint density at radius 3 is 2.67 bits per heavy atom. The Morgan fingerprint density at radius 2 is 1.96 bits per heavy atom. The Kier molecular flexibility index (Phi) is 7.38. The fraction of sp³-hybridized carbons (Fsp3) is 0.421. The second kappa shape index (κ2) is 9.53. The number of hydrogen-bond donors (Lipinski definition) is 2. The van der Waals surface area contributed by atoms with Gasteiger partial charge in [-0.2, -0.15) is 0 Å². The molecule has 8 heteroatoms. The maximum absolute atomic E-state index is 12.6. The molecule has 1 aliphatic heterocycles. The van der Waals surface area contributed by atoms with Crippen LogP contribution >= 0.6 is 12.4 Å². The number of carbonyl (C=O) groups is 1. The third kappa shape index (κ3) is 5.30. The summed E-state index contributed by atoms with van der Waals surface area (Å²) < 4.78 is 2.43. The zero-order valence-electron chi connectivity index (χ0n) is 15.3. The number of benzene rings is 1. The Balaban J connectivity index is 0.00000261. The summed E-state index contributed by atoms with van der Waals surface area (Å²) in [4.78, 5) is 37.1. The Hall–Kier alpha value is -2.38. The van der Waals surface area contributed by atoms with Crippen molar-refractivity contribution in [2.24, 2.45) is 5.92 Å². The minimum absolute atomic E-state index is 0. The number of hydrogen-bond acceptors (Lipinski definition) is 4. The van der Waals surface area contributed by atoms with Crippen LogP contribution in [0.2, 0.25) is 0 Å². The third-order valence-corrected chi connectivity index (χ3v) is 4.77. The molecule has 27 heavy (non-hydrogen) atoms. The van der Waals surface area contributed by atoms with E-state index in [0.29, 0.717) is 12.5 Å². The van der Waals surface area contributed by atoms with Crippen LogP contribution in [0.15, 0.2) is 52.2 Å². The fourth-order valence-electron chi connectivity index (χ4n) is 3.23. The maximum atomic E-state index is 12.6. The van der Waals surface area contributed by atoms with Crippen LogP contribution in [0.1, 0.15) is 18.9 Å². The topological polar surface area (TPSA) is 85.1 Å². The minimum atomic E-state index is -0.477. The Bertz CT molecular complexity index is 879. The van der Waals surface area contributed by atoms with Crippen molar-refractivity contribution < 1.29 is 4.79 Å². The number of halogens is 1. The van der Waals surface area contributed by atoms with Gasteiger partial charge in [-0.3, -0.25) is 18.7 Å². The highest BCUT2D eigenvalue weighted by atomic mass is 35.5. The molecule has 0 bridgehead atoms. The normalized spacial score (nSPS) is 19.1. The van der Waals surface area contributed by atoms with E-state index in [1.807, 2.05) is 30.3 Å². The summed E-state index contributed by atoms with van der Waals surface area (Å²) in [6.07, 6.45) is 2.32. The van der Waals surface area contributed by atoms with E-state index < -0.39 is 11.2 Å². The number of nitrogens with zero attached hydrogens (tertiary/aromatic N) is 2. The monoisotopic (exact) mass is 392 g/mol. The number of nitrogens with one attached hydrogen (secondary N) is 2. The molecule has 2 N–H and O–H groups in total. The van der Waals surface area contributed by atoms with Gasteiger partial charge in [-0.1, -0.05) is 37.3 Å². The van der Waals surface area contributed by atoms with E-state index in [1.165, 1.54) is 16.8 Å². The van der Waals surface area contributed by atoms with Gasteiger partial charge in [-0.05, 0) is 31.0 Å². The van der Waals surface area contributed by atoms with Crippen LogP contribution in [0.4, 0.5) is 0 Å². The second-order valence-corrected chi connectivity index (χ2v) is 6.78. The van der Waals surface area contributed by atoms with Crippen LogP contribution < -0.4 is 21.9 Å². The summed E-state index contributed by atoms with van der Waals surface area (Å²) >= 11 is 0. The number of carbonyl (C=O) groups excluding carboxylic acids is 1. The highest BCUT2D eigenvalue weighted by Crippen LogP contribution is 2.10. The summed E-state index contributed by atoms with van der Waals surface area (Å²) in [5.74, 6) is 0.00958. The van der Waals surface area contributed by atoms with Crippen LogP contribution in [0.5, 0.6) is 0 Å². The molecular formula is C19H25ClN4O3. The lowest BCUT2D eigenvalue weighted by Crippen LogP contribution is -2.50. The van der Waals surface area contributed by atoms with Crippen molar-refractivity contribution >= 4 is 18.3 Å². The van der Waals surface area contributed by atoms with E-state index in [0.717, 1.165) is 29.6 Å². The molecule has 2 unspecified atom stereocenters. The SMILES string of the molecule is CC1CNCCC1NC(=O)Cn1c(=O)ccn(Cc2ccccc2)c1=O.Cl. The van der Waals surface area contributed by atoms with Gasteiger partial charge in [0.2, 0.25) is 5.91 Å². The van der Waals surface area contributed by atoms with Crippen molar-refractivity contribution in [1.82, 2.24) is 19.8 Å². The van der Waals surface area contributed by atoms with Gasteiger partial charge in [-0.25, -0.2) is 4.79 Å². The van der Waals surface area contributed by atoms with Gasteiger partial charge in [0.1, 0.15) is 6.54 Å². The predicted molar refractivity (Wildman–Crippen MR) is 106 cm³/mol. The highest BCUT2D eigenvalue weighted by Gasteiger charge is 2.23. The zero-order chi connectivity index (χ0) is 18.5. The number of aromatic nitrogens is 2. The van der Waals surface area contributed by atoms with Crippen molar-refractivity contribution in [3.63, 3.8) is 0 Å². The maximum Gasteiger partial charge on any atom is 0.331 e. The molecule has 1 saturated heterocycles. The number of amides is 1. The van der Waals surface area contributed by atoms with Crippen LogP contribution in [-0.4, -0.2) is 34.2 Å².